The molecule has 0 bridgehead atoms. The van der Waals surface area contributed by atoms with Gasteiger partial charge in [0.2, 0.25) is 0 Å². The monoisotopic (exact) mass is 436 g/mol. The molecule has 1 fully saturated rings. The molecule has 156 valence electrons. The number of likely N-dealkylation sites (tertiary alicyclic amines) is 1. The summed E-state index contributed by atoms with van der Waals surface area (Å²) in [4.78, 5) is 19.0. The fraction of sp³-hybridized carbons (Fsp3) is 0.364. The number of aliphatic carboxylic acids is 1. The number of halogens is 2. The molecular weight excluding hydrogens is 411 g/mol. The van der Waals surface area contributed by atoms with Crippen molar-refractivity contribution in [3.8, 4) is 0 Å². The zero-order valence-corrected chi connectivity index (χ0v) is 18.0. The van der Waals surface area contributed by atoms with Crippen LogP contribution in [0.5, 0.6) is 0 Å². The molecular formula is C22H26Cl2N2O3. The zero-order chi connectivity index (χ0) is 19.9. The number of carboxylic acid groups (broad SMARTS) is 1. The minimum Gasteiger partial charge on any atom is -0.481 e. The summed E-state index contributed by atoms with van der Waals surface area (Å²) in [5, 5.41) is 14.2. The second-order valence-electron chi connectivity index (χ2n) is 7.05. The first-order chi connectivity index (χ1) is 13.6. The maximum atomic E-state index is 11.2. The third kappa shape index (κ3) is 6.20. The van der Waals surface area contributed by atoms with Gasteiger partial charge in [0, 0.05) is 24.2 Å². The molecule has 2 aromatic rings. The molecule has 2 aromatic carbocycles. The van der Waals surface area contributed by atoms with Gasteiger partial charge in [-0.2, -0.15) is 0 Å². The van der Waals surface area contributed by atoms with E-state index in [2.05, 4.69) is 10.1 Å². The lowest BCUT2D eigenvalue weighted by molar-refractivity contribution is -0.143. The number of rotatable bonds is 7. The van der Waals surface area contributed by atoms with Gasteiger partial charge in [0.15, 0.2) is 0 Å². The van der Waals surface area contributed by atoms with Crippen LogP contribution in [-0.4, -0.2) is 47.9 Å². The first-order valence-electron chi connectivity index (χ1n) is 9.52. The lowest BCUT2D eigenvalue weighted by atomic mass is 9.98. The molecule has 1 N–H and O–H groups in total. The highest BCUT2D eigenvalue weighted by atomic mass is 35.5. The Morgan fingerprint density at radius 3 is 2.59 bits per heavy atom. The van der Waals surface area contributed by atoms with Crippen LogP contribution in [0.4, 0.5) is 0 Å². The molecule has 1 aliphatic heterocycles. The van der Waals surface area contributed by atoms with E-state index in [9.17, 15) is 9.90 Å². The third-order valence-corrected chi connectivity index (χ3v) is 5.37. The Balaban J connectivity index is 0.00000300. The van der Waals surface area contributed by atoms with Crippen LogP contribution >= 0.6 is 24.0 Å². The highest BCUT2D eigenvalue weighted by molar-refractivity contribution is 6.35. The van der Waals surface area contributed by atoms with E-state index in [0.717, 1.165) is 36.1 Å². The second kappa shape index (κ2) is 11.2. The van der Waals surface area contributed by atoms with E-state index in [4.69, 9.17) is 16.4 Å². The summed E-state index contributed by atoms with van der Waals surface area (Å²) in [6.07, 6.45) is 1.64. The van der Waals surface area contributed by atoms with E-state index in [1.54, 1.807) is 0 Å². The molecule has 1 aliphatic rings. The van der Waals surface area contributed by atoms with Crippen molar-refractivity contribution in [3.63, 3.8) is 0 Å². The summed E-state index contributed by atoms with van der Waals surface area (Å²) in [6, 6.07) is 15.6. The first-order valence-corrected chi connectivity index (χ1v) is 9.90. The summed E-state index contributed by atoms with van der Waals surface area (Å²) in [5.74, 6) is -1.01. The van der Waals surface area contributed by atoms with Gasteiger partial charge >= 0.3 is 5.97 Å². The van der Waals surface area contributed by atoms with Gasteiger partial charge in [0.1, 0.15) is 12.3 Å². The van der Waals surface area contributed by atoms with Gasteiger partial charge in [-0.25, -0.2) is 0 Å². The molecule has 1 atom stereocenters. The quantitative estimate of drug-likeness (QED) is 0.390. The zero-order valence-electron chi connectivity index (χ0n) is 16.4. The molecule has 3 rings (SSSR count). The Labute approximate surface area is 182 Å². The van der Waals surface area contributed by atoms with Crippen LogP contribution in [0, 0.1) is 12.8 Å². The maximum Gasteiger partial charge on any atom is 0.307 e. The van der Waals surface area contributed by atoms with Gasteiger partial charge < -0.3 is 9.94 Å². The number of carboxylic acids is 1. The number of carbonyl (C=O) groups is 1. The average molecular weight is 437 g/mol. The third-order valence-electron chi connectivity index (χ3n) is 5.04. The van der Waals surface area contributed by atoms with E-state index < -0.39 is 5.97 Å². The number of hydrogen-bond donors (Lipinski definition) is 1. The van der Waals surface area contributed by atoms with Crippen molar-refractivity contribution >= 4 is 35.7 Å². The van der Waals surface area contributed by atoms with Gasteiger partial charge in [-0.15, -0.1) is 12.4 Å². The number of nitrogens with zero attached hydrogens (tertiary/aromatic N) is 2. The van der Waals surface area contributed by atoms with Crippen molar-refractivity contribution in [2.24, 2.45) is 11.1 Å². The van der Waals surface area contributed by atoms with Crippen LogP contribution in [0.2, 0.25) is 5.02 Å². The summed E-state index contributed by atoms with van der Waals surface area (Å²) >= 11 is 6.40. The highest BCUT2D eigenvalue weighted by Crippen LogP contribution is 2.22. The molecule has 0 saturated carbocycles. The fourth-order valence-corrected chi connectivity index (χ4v) is 3.70. The van der Waals surface area contributed by atoms with Gasteiger partial charge in [0.25, 0.3) is 0 Å². The summed E-state index contributed by atoms with van der Waals surface area (Å²) in [7, 11) is 0. The first kappa shape index (κ1) is 23.2. The average Bonchev–Trinajstić information content (AvgIpc) is 2.70. The van der Waals surface area contributed by atoms with Crippen molar-refractivity contribution in [2.75, 3.05) is 26.2 Å². The van der Waals surface area contributed by atoms with Gasteiger partial charge in [0.05, 0.1) is 10.9 Å². The molecule has 29 heavy (non-hydrogen) atoms. The van der Waals surface area contributed by atoms with Crippen LogP contribution in [0.25, 0.3) is 0 Å². The van der Waals surface area contributed by atoms with Crippen LogP contribution in [0.15, 0.2) is 53.7 Å². The van der Waals surface area contributed by atoms with E-state index in [1.165, 1.54) is 0 Å². The van der Waals surface area contributed by atoms with E-state index in [1.807, 2.05) is 55.5 Å². The molecule has 0 aromatic heterocycles. The van der Waals surface area contributed by atoms with Gasteiger partial charge in [-0.05, 0) is 37.9 Å². The number of benzene rings is 2. The SMILES string of the molecule is Cc1ccccc1C(=NOCCN1CCCC(C(=O)O)C1)c1ccccc1Cl.Cl. The molecule has 1 unspecified atom stereocenters. The van der Waals surface area contributed by atoms with Crippen molar-refractivity contribution in [1.29, 1.82) is 0 Å². The standard InChI is InChI=1S/C22H25ClN2O3.ClH/c1-16-7-2-3-9-18(16)21(19-10-4-5-11-20(19)23)24-28-14-13-25-12-6-8-17(15-25)22(26)27;/h2-5,7,9-11,17H,6,8,12-15H2,1H3,(H,26,27);1H. The smallest absolute Gasteiger partial charge is 0.307 e. The molecule has 0 spiro atoms. The topological polar surface area (TPSA) is 62.1 Å². The normalized spacial score (nSPS) is 17.4. The van der Waals surface area contributed by atoms with Crippen LogP contribution in [0.1, 0.15) is 29.5 Å². The van der Waals surface area contributed by atoms with Gasteiger partial charge in [-0.1, -0.05) is 59.2 Å². The molecule has 0 radical (unpaired) electrons. The van der Waals surface area contributed by atoms with Crippen molar-refractivity contribution in [3.05, 3.63) is 70.2 Å². The Bertz CT molecular complexity index is 810. The second-order valence-corrected chi connectivity index (χ2v) is 7.45. The molecule has 7 heteroatoms. The Morgan fingerprint density at radius 2 is 1.90 bits per heavy atom. The predicted octanol–water partition coefficient (Wildman–Crippen LogP) is 4.64. The van der Waals surface area contributed by atoms with E-state index in [-0.39, 0.29) is 18.3 Å². The lowest BCUT2D eigenvalue weighted by Crippen LogP contribution is -2.40. The molecule has 5 nitrogen and oxygen atoms in total. The van der Waals surface area contributed by atoms with Crippen molar-refractivity contribution < 1.29 is 14.7 Å². The lowest BCUT2D eigenvalue weighted by Gasteiger charge is -2.30. The Morgan fingerprint density at radius 1 is 1.21 bits per heavy atom. The van der Waals surface area contributed by atoms with E-state index >= 15 is 0 Å². The maximum absolute atomic E-state index is 11.2. The number of hydrogen-bond acceptors (Lipinski definition) is 4. The number of oxime groups is 1. The molecule has 0 aliphatic carbocycles. The van der Waals surface area contributed by atoms with E-state index in [0.29, 0.717) is 30.4 Å². The highest BCUT2D eigenvalue weighted by Gasteiger charge is 2.25. The van der Waals surface area contributed by atoms with Crippen molar-refractivity contribution in [1.82, 2.24) is 4.90 Å². The predicted molar refractivity (Wildman–Crippen MR) is 118 cm³/mol. The van der Waals surface area contributed by atoms with Crippen LogP contribution in [0.3, 0.4) is 0 Å². The number of aryl methyl sites for hydroxylation is 1. The largest absolute Gasteiger partial charge is 0.481 e. The van der Waals surface area contributed by atoms with Crippen LogP contribution in [-0.2, 0) is 9.63 Å². The minimum absolute atomic E-state index is 0. The van der Waals surface area contributed by atoms with Crippen molar-refractivity contribution in [2.45, 2.75) is 19.8 Å². The minimum atomic E-state index is -0.718. The Kier molecular flexibility index (Phi) is 8.96. The van der Waals surface area contributed by atoms with Gasteiger partial charge in [-0.3, -0.25) is 9.69 Å². The molecule has 0 amide bonds. The number of piperidine rings is 1. The fourth-order valence-electron chi connectivity index (χ4n) is 3.48. The Hall–Kier alpha value is -2.08. The molecule has 1 heterocycles. The summed E-state index contributed by atoms with van der Waals surface area (Å²) in [5.41, 5.74) is 3.58. The molecule has 1 saturated heterocycles. The summed E-state index contributed by atoms with van der Waals surface area (Å²) < 4.78 is 0. The van der Waals surface area contributed by atoms with Crippen LogP contribution < -0.4 is 0 Å². The summed E-state index contributed by atoms with van der Waals surface area (Å²) in [6.45, 7) is 4.54.